The van der Waals surface area contributed by atoms with Crippen LogP contribution in [0.2, 0.25) is 0 Å². The van der Waals surface area contributed by atoms with Crippen LogP contribution in [0, 0.1) is 0 Å². The van der Waals surface area contributed by atoms with Crippen LogP contribution in [0.5, 0.6) is 5.88 Å². The highest BCUT2D eigenvalue weighted by Gasteiger charge is 2.25. The first-order chi connectivity index (χ1) is 8.74. The molecule has 0 aliphatic heterocycles. The molecule has 2 unspecified atom stereocenters. The van der Waals surface area contributed by atoms with E-state index in [2.05, 4.69) is 15.3 Å². The lowest BCUT2D eigenvalue weighted by Crippen LogP contribution is -2.19. The van der Waals surface area contributed by atoms with Crippen LogP contribution in [0.1, 0.15) is 26.2 Å². The lowest BCUT2D eigenvalue weighted by Gasteiger charge is -2.16. The summed E-state index contributed by atoms with van der Waals surface area (Å²) in [6.07, 6.45) is 4.90. The number of nitrogens with zero attached hydrogens (tertiary/aromatic N) is 2. The fourth-order valence-corrected chi connectivity index (χ4v) is 2.22. The van der Waals surface area contributed by atoms with E-state index < -0.39 is 0 Å². The van der Waals surface area contributed by atoms with E-state index in [4.69, 9.17) is 15.2 Å². The molecule has 0 amide bonds. The molecule has 2 rings (SSSR count). The minimum atomic E-state index is 0.330. The summed E-state index contributed by atoms with van der Waals surface area (Å²) in [5.41, 5.74) is 6.44. The molecule has 6 nitrogen and oxygen atoms in total. The summed E-state index contributed by atoms with van der Waals surface area (Å²) in [6.45, 7) is 2.44. The number of nitrogen functional groups attached to an aromatic ring is 1. The van der Waals surface area contributed by atoms with E-state index in [1.54, 1.807) is 7.11 Å². The number of aromatic nitrogens is 2. The van der Waals surface area contributed by atoms with Gasteiger partial charge in [0.1, 0.15) is 12.0 Å². The maximum Gasteiger partial charge on any atom is 0.242 e. The van der Waals surface area contributed by atoms with Crippen molar-refractivity contribution in [1.29, 1.82) is 0 Å². The third kappa shape index (κ3) is 2.81. The molecule has 1 saturated carbocycles. The number of anilines is 2. The second kappa shape index (κ2) is 5.86. The van der Waals surface area contributed by atoms with Gasteiger partial charge in [0, 0.05) is 13.2 Å². The van der Waals surface area contributed by atoms with Crippen molar-refractivity contribution < 1.29 is 9.47 Å². The predicted octanol–water partition coefficient (Wildman–Crippen LogP) is 1.44. The SMILES string of the molecule is CCOc1ncnc(NC2CCC(OC)C2)c1N. The number of hydrogen-bond donors (Lipinski definition) is 2. The van der Waals surface area contributed by atoms with Crippen molar-refractivity contribution in [2.45, 2.75) is 38.3 Å². The van der Waals surface area contributed by atoms with Crippen LogP contribution in [-0.2, 0) is 4.74 Å². The van der Waals surface area contributed by atoms with Gasteiger partial charge in [-0.3, -0.25) is 0 Å². The zero-order valence-corrected chi connectivity index (χ0v) is 10.8. The highest BCUT2D eigenvalue weighted by atomic mass is 16.5. The van der Waals surface area contributed by atoms with Crippen molar-refractivity contribution in [3.05, 3.63) is 6.33 Å². The average Bonchev–Trinajstić information content (AvgIpc) is 2.82. The summed E-state index contributed by atoms with van der Waals surface area (Å²) in [6, 6.07) is 0.349. The Morgan fingerprint density at radius 3 is 2.94 bits per heavy atom. The molecule has 1 aromatic heterocycles. The van der Waals surface area contributed by atoms with Crippen LogP contribution < -0.4 is 15.8 Å². The zero-order valence-electron chi connectivity index (χ0n) is 10.8. The monoisotopic (exact) mass is 252 g/mol. The van der Waals surface area contributed by atoms with E-state index in [1.807, 2.05) is 6.92 Å². The molecule has 6 heteroatoms. The lowest BCUT2D eigenvalue weighted by molar-refractivity contribution is 0.108. The molecule has 3 N–H and O–H groups in total. The molecule has 18 heavy (non-hydrogen) atoms. The molecule has 1 aliphatic carbocycles. The molecule has 0 aromatic carbocycles. The van der Waals surface area contributed by atoms with Gasteiger partial charge in [-0.25, -0.2) is 4.98 Å². The van der Waals surface area contributed by atoms with Crippen molar-refractivity contribution in [3.8, 4) is 5.88 Å². The maximum atomic E-state index is 5.97. The summed E-state index contributed by atoms with van der Waals surface area (Å²) in [4.78, 5) is 8.18. The van der Waals surface area contributed by atoms with Gasteiger partial charge < -0.3 is 20.5 Å². The number of rotatable bonds is 5. The first-order valence-electron chi connectivity index (χ1n) is 6.27. The molecule has 0 spiro atoms. The van der Waals surface area contributed by atoms with Crippen LogP contribution >= 0.6 is 0 Å². The van der Waals surface area contributed by atoms with E-state index >= 15 is 0 Å². The van der Waals surface area contributed by atoms with Crippen molar-refractivity contribution in [3.63, 3.8) is 0 Å². The molecule has 1 aliphatic rings. The van der Waals surface area contributed by atoms with Crippen molar-refractivity contribution in [1.82, 2.24) is 9.97 Å². The highest BCUT2D eigenvalue weighted by molar-refractivity contribution is 5.66. The van der Waals surface area contributed by atoms with Gasteiger partial charge in [0.05, 0.1) is 12.7 Å². The first-order valence-corrected chi connectivity index (χ1v) is 6.27. The second-order valence-electron chi connectivity index (χ2n) is 4.39. The smallest absolute Gasteiger partial charge is 0.242 e. The number of nitrogens with two attached hydrogens (primary N) is 1. The van der Waals surface area contributed by atoms with Gasteiger partial charge in [-0.1, -0.05) is 0 Å². The Labute approximate surface area is 107 Å². The Morgan fingerprint density at radius 1 is 1.44 bits per heavy atom. The Bertz CT molecular complexity index is 400. The van der Waals surface area contributed by atoms with Gasteiger partial charge in [0.2, 0.25) is 5.88 Å². The summed E-state index contributed by atoms with van der Waals surface area (Å²) in [5, 5.41) is 3.34. The number of methoxy groups -OCH3 is 1. The Morgan fingerprint density at radius 2 is 2.28 bits per heavy atom. The standard InChI is InChI=1S/C12H20N4O2/c1-3-18-12-10(13)11(14-7-15-12)16-8-4-5-9(6-8)17-2/h7-9H,3-6,13H2,1-2H3,(H,14,15,16). The van der Waals surface area contributed by atoms with Gasteiger partial charge in [0.25, 0.3) is 0 Å². The Hall–Kier alpha value is -1.56. The van der Waals surface area contributed by atoms with E-state index in [9.17, 15) is 0 Å². The number of ether oxygens (including phenoxy) is 2. The van der Waals surface area contributed by atoms with Gasteiger partial charge in [-0.15, -0.1) is 0 Å². The minimum absolute atomic E-state index is 0.330. The molecule has 1 fully saturated rings. The Kier molecular flexibility index (Phi) is 4.19. The quantitative estimate of drug-likeness (QED) is 0.825. The van der Waals surface area contributed by atoms with Crippen LogP contribution in [0.4, 0.5) is 11.5 Å². The van der Waals surface area contributed by atoms with E-state index in [1.165, 1.54) is 6.33 Å². The van der Waals surface area contributed by atoms with Crippen molar-refractivity contribution in [2.24, 2.45) is 0 Å². The fraction of sp³-hybridized carbons (Fsp3) is 0.667. The molecule has 0 saturated heterocycles. The summed E-state index contributed by atoms with van der Waals surface area (Å²) in [5.74, 6) is 1.09. The van der Waals surface area contributed by atoms with Crippen LogP contribution in [0.15, 0.2) is 6.33 Å². The van der Waals surface area contributed by atoms with Crippen molar-refractivity contribution in [2.75, 3.05) is 24.8 Å². The van der Waals surface area contributed by atoms with Gasteiger partial charge in [0.15, 0.2) is 5.82 Å². The molecule has 1 aromatic rings. The minimum Gasteiger partial charge on any atom is -0.476 e. The van der Waals surface area contributed by atoms with E-state index in [0.29, 0.717) is 36.1 Å². The van der Waals surface area contributed by atoms with Gasteiger partial charge >= 0.3 is 0 Å². The number of nitrogens with one attached hydrogen (secondary N) is 1. The van der Waals surface area contributed by atoms with E-state index in [0.717, 1.165) is 19.3 Å². The zero-order chi connectivity index (χ0) is 13.0. The van der Waals surface area contributed by atoms with E-state index in [-0.39, 0.29) is 0 Å². The maximum absolute atomic E-state index is 5.97. The summed E-state index contributed by atoms with van der Waals surface area (Å²) in [7, 11) is 1.75. The van der Waals surface area contributed by atoms with Crippen LogP contribution in [0.3, 0.4) is 0 Å². The lowest BCUT2D eigenvalue weighted by atomic mass is 10.2. The van der Waals surface area contributed by atoms with Gasteiger partial charge in [-0.2, -0.15) is 4.98 Å². The molecule has 1 heterocycles. The molecule has 2 atom stereocenters. The average molecular weight is 252 g/mol. The molecule has 0 radical (unpaired) electrons. The molecule has 0 bridgehead atoms. The molecule has 100 valence electrons. The second-order valence-corrected chi connectivity index (χ2v) is 4.39. The third-order valence-electron chi connectivity index (χ3n) is 3.19. The fourth-order valence-electron chi connectivity index (χ4n) is 2.22. The first kappa shape index (κ1) is 12.9. The van der Waals surface area contributed by atoms with Gasteiger partial charge in [-0.05, 0) is 26.2 Å². The van der Waals surface area contributed by atoms with Crippen molar-refractivity contribution >= 4 is 11.5 Å². The Balaban J connectivity index is 2.03. The number of hydrogen-bond acceptors (Lipinski definition) is 6. The largest absolute Gasteiger partial charge is 0.476 e. The third-order valence-corrected chi connectivity index (χ3v) is 3.19. The normalized spacial score (nSPS) is 23.0. The molecular weight excluding hydrogens is 232 g/mol. The summed E-state index contributed by atoms with van der Waals surface area (Å²) < 4.78 is 10.7. The molecular formula is C12H20N4O2. The topological polar surface area (TPSA) is 82.3 Å². The summed E-state index contributed by atoms with van der Waals surface area (Å²) >= 11 is 0. The van der Waals surface area contributed by atoms with Crippen LogP contribution in [-0.4, -0.2) is 35.8 Å². The van der Waals surface area contributed by atoms with Crippen LogP contribution in [0.25, 0.3) is 0 Å². The predicted molar refractivity (Wildman–Crippen MR) is 69.7 cm³/mol. The highest BCUT2D eigenvalue weighted by Crippen LogP contribution is 2.29.